The molecule has 0 aliphatic rings. The van der Waals surface area contributed by atoms with E-state index in [1.807, 2.05) is 0 Å². The summed E-state index contributed by atoms with van der Waals surface area (Å²) in [6, 6.07) is 0. The molecule has 0 spiro atoms. The molecule has 0 saturated heterocycles. The molecule has 0 aliphatic heterocycles. The number of rotatable bonds is 8. The van der Waals surface area contributed by atoms with Crippen LogP contribution in [0.4, 0.5) is 0 Å². The van der Waals surface area contributed by atoms with Crippen molar-refractivity contribution in [3.63, 3.8) is 0 Å². The Kier molecular flexibility index (Phi) is 13.2. The molecule has 0 aliphatic carbocycles. The zero-order valence-electron chi connectivity index (χ0n) is 14.3. The van der Waals surface area contributed by atoms with E-state index in [1.54, 1.807) is 6.92 Å². The number of carbonyl (C=O) groups excluding carboxylic acids is 2. The second kappa shape index (κ2) is 13.3. The molecule has 0 heterocycles. The SMILES string of the molecule is C=C(C)C(=O)OCCCC.C=C(CC=C(C)C(=O)O)C(=O)OC. The molecular weight excluding hydrogens is 300 g/mol. The van der Waals surface area contributed by atoms with E-state index in [0.717, 1.165) is 12.8 Å². The molecular formula is C17H26O6. The smallest absolute Gasteiger partial charge is 0.333 e. The number of hydrogen-bond acceptors (Lipinski definition) is 5. The van der Waals surface area contributed by atoms with Crippen LogP contribution >= 0.6 is 0 Å². The van der Waals surface area contributed by atoms with Crippen molar-refractivity contribution in [1.29, 1.82) is 0 Å². The van der Waals surface area contributed by atoms with Crippen molar-refractivity contribution in [1.82, 2.24) is 0 Å². The summed E-state index contributed by atoms with van der Waals surface area (Å²) in [5, 5.41) is 8.48. The lowest BCUT2D eigenvalue weighted by Gasteiger charge is -2.01. The Morgan fingerprint density at radius 1 is 1.13 bits per heavy atom. The van der Waals surface area contributed by atoms with E-state index in [1.165, 1.54) is 20.1 Å². The zero-order chi connectivity index (χ0) is 18.4. The van der Waals surface area contributed by atoms with Crippen LogP contribution in [0.1, 0.15) is 40.0 Å². The summed E-state index contributed by atoms with van der Waals surface area (Å²) < 4.78 is 9.19. The van der Waals surface area contributed by atoms with Gasteiger partial charge in [-0.1, -0.05) is 32.6 Å². The van der Waals surface area contributed by atoms with Gasteiger partial charge in [-0.15, -0.1) is 0 Å². The van der Waals surface area contributed by atoms with Crippen molar-refractivity contribution in [2.45, 2.75) is 40.0 Å². The average molecular weight is 326 g/mol. The maximum Gasteiger partial charge on any atom is 0.333 e. The van der Waals surface area contributed by atoms with Crippen LogP contribution in [-0.2, 0) is 23.9 Å². The fraction of sp³-hybridized carbons (Fsp3) is 0.471. The lowest BCUT2D eigenvalue weighted by Crippen LogP contribution is -2.05. The highest BCUT2D eigenvalue weighted by Crippen LogP contribution is 2.04. The molecule has 1 N–H and O–H groups in total. The zero-order valence-corrected chi connectivity index (χ0v) is 14.3. The number of hydrogen-bond donors (Lipinski definition) is 1. The summed E-state index contributed by atoms with van der Waals surface area (Å²) in [6.07, 6.45) is 3.59. The quantitative estimate of drug-likeness (QED) is 0.419. The average Bonchev–Trinajstić information content (AvgIpc) is 2.51. The molecule has 0 unspecified atom stereocenters. The summed E-state index contributed by atoms with van der Waals surface area (Å²) in [5.41, 5.74) is 0.893. The van der Waals surface area contributed by atoms with Crippen molar-refractivity contribution in [2.75, 3.05) is 13.7 Å². The number of allylic oxidation sites excluding steroid dienone is 1. The number of esters is 2. The van der Waals surface area contributed by atoms with Crippen molar-refractivity contribution in [2.24, 2.45) is 0 Å². The molecule has 0 saturated carbocycles. The Bertz CT molecular complexity index is 473. The number of carboxylic acids is 1. The number of unbranched alkanes of at least 4 members (excludes halogenated alkanes) is 1. The lowest BCUT2D eigenvalue weighted by molar-refractivity contribution is -0.139. The van der Waals surface area contributed by atoms with E-state index in [-0.39, 0.29) is 23.5 Å². The third-order valence-corrected chi connectivity index (χ3v) is 2.55. The van der Waals surface area contributed by atoms with Gasteiger partial charge in [0, 0.05) is 16.7 Å². The van der Waals surface area contributed by atoms with E-state index in [0.29, 0.717) is 12.2 Å². The predicted octanol–water partition coefficient (Wildman–Crippen LogP) is 3.04. The Morgan fingerprint density at radius 3 is 2.09 bits per heavy atom. The maximum atomic E-state index is 10.8. The van der Waals surface area contributed by atoms with Gasteiger partial charge in [0.15, 0.2) is 0 Å². The molecule has 0 fully saturated rings. The Labute approximate surface area is 137 Å². The topological polar surface area (TPSA) is 89.9 Å². The second-order valence-corrected chi connectivity index (χ2v) is 4.76. The van der Waals surface area contributed by atoms with E-state index in [9.17, 15) is 14.4 Å². The first kappa shape index (κ1) is 22.9. The Morgan fingerprint density at radius 2 is 1.70 bits per heavy atom. The third-order valence-electron chi connectivity index (χ3n) is 2.55. The highest BCUT2D eigenvalue weighted by Gasteiger charge is 2.05. The molecule has 6 nitrogen and oxygen atoms in total. The van der Waals surface area contributed by atoms with Crippen molar-refractivity contribution >= 4 is 17.9 Å². The molecule has 0 atom stereocenters. The van der Waals surface area contributed by atoms with Gasteiger partial charge in [-0.2, -0.15) is 0 Å². The number of carbonyl (C=O) groups is 3. The number of carboxylic acid groups (broad SMARTS) is 1. The monoisotopic (exact) mass is 326 g/mol. The standard InChI is InChI=1S/C9H12O4.C8H14O2/c1-6(8(10)11)4-5-7(2)9(12)13-3;1-4-5-6-10-8(9)7(2)3/h4H,2,5H2,1,3H3,(H,10,11);2,4-6H2,1,3H3. The van der Waals surface area contributed by atoms with E-state index >= 15 is 0 Å². The first-order chi connectivity index (χ1) is 10.7. The summed E-state index contributed by atoms with van der Waals surface area (Å²) in [7, 11) is 1.25. The molecule has 0 amide bonds. The van der Waals surface area contributed by atoms with Crippen LogP contribution in [-0.4, -0.2) is 36.7 Å². The van der Waals surface area contributed by atoms with Gasteiger partial charge in [0.25, 0.3) is 0 Å². The van der Waals surface area contributed by atoms with Crippen molar-refractivity contribution < 1.29 is 29.0 Å². The molecule has 0 aromatic heterocycles. The molecule has 130 valence electrons. The molecule has 0 aromatic rings. The number of ether oxygens (including phenoxy) is 2. The fourth-order valence-corrected chi connectivity index (χ4v) is 1.02. The van der Waals surface area contributed by atoms with Crippen molar-refractivity contribution in [3.8, 4) is 0 Å². The van der Waals surface area contributed by atoms with Gasteiger partial charge >= 0.3 is 17.9 Å². The molecule has 23 heavy (non-hydrogen) atoms. The lowest BCUT2D eigenvalue weighted by atomic mass is 10.1. The van der Waals surface area contributed by atoms with Gasteiger partial charge in [0.05, 0.1) is 13.7 Å². The third kappa shape index (κ3) is 13.0. The van der Waals surface area contributed by atoms with Gasteiger partial charge in [0.2, 0.25) is 0 Å². The normalized spacial score (nSPS) is 10.0. The largest absolute Gasteiger partial charge is 0.478 e. The summed E-state index contributed by atoms with van der Waals surface area (Å²) in [6.45, 7) is 12.6. The molecule has 0 aromatic carbocycles. The first-order valence-electron chi connectivity index (χ1n) is 7.16. The van der Waals surface area contributed by atoms with E-state index < -0.39 is 11.9 Å². The van der Waals surface area contributed by atoms with Crippen LogP contribution in [0.3, 0.4) is 0 Å². The van der Waals surface area contributed by atoms with Crippen LogP contribution in [0.25, 0.3) is 0 Å². The van der Waals surface area contributed by atoms with Crippen molar-refractivity contribution in [3.05, 3.63) is 36.0 Å². The maximum absolute atomic E-state index is 10.8. The second-order valence-electron chi connectivity index (χ2n) is 4.76. The van der Waals surface area contributed by atoms with Crippen LogP contribution in [0, 0.1) is 0 Å². The molecule has 0 radical (unpaired) electrons. The molecule has 0 bridgehead atoms. The molecule has 6 heteroatoms. The van der Waals surface area contributed by atoms with Crippen LogP contribution in [0.2, 0.25) is 0 Å². The Balaban J connectivity index is 0. The van der Waals surface area contributed by atoms with Crippen LogP contribution < -0.4 is 0 Å². The molecule has 0 rings (SSSR count). The Hall–Kier alpha value is -2.37. The minimum Gasteiger partial charge on any atom is -0.478 e. The van der Waals surface area contributed by atoms with Gasteiger partial charge < -0.3 is 14.6 Å². The highest BCUT2D eigenvalue weighted by molar-refractivity contribution is 5.89. The van der Waals surface area contributed by atoms with Crippen LogP contribution in [0.5, 0.6) is 0 Å². The van der Waals surface area contributed by atoms with Gasteiger partial charge in [0.1, 0.15) is 0 Å². The predicted molar refractivity (Wildman–Crippen MR) is 87.8 cm³/mol. The van der Waals surface area contributed by atoms with Gasteiger partial charge in [-0.05, 0) is 26.7 Å². The summed E-state index contributed by atoms with van der Waals surface area (Å²) >= 11 is 0. The van der Waals surface area contributed by atoms with Gasteiger partial charge in [-0.25, -0.2) is 14.4 Å². The fourth-order valence-electron chi connectivity index (χ4n) is 1.02. The van der Waals surface area contributed by atoms with E-state index in [2.05, 4.69) is 24.8 Å². The number of methoxy groups -OCH3 is 1. The first-order valence-corrected chi connectivity index (χ1v) is 7.16. The minimum atomic E-state index is -1.00. The minimum absolute atomic E-state index is 0.185. The number of aliphatic carboxylic acids is 1. The van der Waals surface area contributed by atoms with E-state index in [4.69, 9.17) is 9.84 Å². The van der Waals surface area contributed by atoms with Crippen LogP contribution in [0.15, 0.2) is 36.0 Å². The highest BCUT2D eigenvalue weighted by atomic mass is 16.5. The summed E-state index contributed by atoms with van der Waals surface area (Å²) in [5.74, 6) is -1.81. The van der Waals surface area contributed by atoms with Gasteiger partial charge in [-0.3, -0.25) is 0 Å². The summed E-state index contributed by atoms with van der Waals surface area (Å²) in [4.78, 5) is 31.8.